The van der Waals surface area contributed by atoms with Gasteiger partial charge in [-0.05, 0) is 18.2 Å². The van der Waals surface area contributed by atoms with Crippen LogP contribution in [0.2, 0.25) is 0 Å². The Bertz CT molecular complexity index is 633. The van der Waals surface area contributed by atoms with Crippen LogP contribution in [-0.4, -0.2) is 33.7 Å². The number of carbonyl (C=O) groups excluding carboxylic acids is 1. The molecule has 1 aliphatic heterocycles. The van der Waals surface area contributed by atoms with Gasteiger partial charge in [-0.15, -0.1) is 0 Å². The number of nitrogens with zero attached hydrogens (tertiary/aromatic N) is 1. The molecule has 0 spiro atoms. The topological polar surface area (TPSA) is 92.5 Å². The second kappa shape index (κ2) is 5.71. The third-order valence-corrected chi connectivity index (χ3v) is 4.62. The van der Waals surface area contributed by atoms with Gasteiger partial charge in [-0.3, -0.25) is 4.79 Å². The molecule has 1 amide bonds. The fourth-order valence-corrected chi connectivity index (χ4v) is 3.62. The van der Waals surface area contributed by atoms with E-state index in [4.69, 9.17) is 5.14 Å². The molecule has 1 saturated heterocycles. The largest absolute Gasteiger partial charge is 0.386 e. The first-order valence-electron chi connectivity index (χ1n) is 6.08. The predicted molar refractivity (Wildman–Crippen MR) is 82.1 cm³/mol. The van der Waals surface area contributed by atoms with E-state index in [2.05, 4.69) is 21.2 Å². The van der Waals surface area contributed by atoms with Crippen molar-refractivity contribution in [3.05, 3.63) is 22.7 Å². The Morgan fingerprint density at radius 3 is 2.80 bits per heavy atom. The number of hydrogen-bond acceptors (Lipinski definition) is 4. The molecule has 0 saturated carbocycles. The molecule has 1 fully saturated rings. The van der Waals surface area contributed by atoms with Crippen molar-refractivity contribution in [2.75, 3.05) is 29.6 Å². The molecule has 0 bridgehead atoms. The average molecular weight is 362 g/mol. The van der Waals surface area contributed by atoms with Crippen LogP contribution in [0, 0.1) is 5.92 Å². The van der Waals surface area contributed by atoms with E-state index in [0.717, 1.165) is 15.8 Å². The normalized spacial score (nSPS) is 19.4. The van der Waals surface area contributed by atoms with Gasteiger partial charge in [0.05, 0.1) is 17.1 Å². The lowest BCUT2D eigenvalue weighted by Gasteiger charge is -2.20. The number of carbonyl (C=O) groups is 1. The Kier molecular flexibility index (Phi) is 4.36. The van der Waals surface area contributed by atoms with Crippen molar-refractivity contribution >= 4 is 43.2 Å². The minimum absolute atomic E-state index is 0.0896. The maximum absolute atomic E-state index is 12.1. The highest BCUT2D eigenvalue weighted by Gasteiger charge is 2.33. The van der Waals surface area contributed by atoms with Crippen LogP contribution in [0.4, 0.5) is 11.4 Å². The third-order valence-electron chi connectivity index (χ3n) is 3.19. The summed E-state index contributed by atoms with van der Waals surface area (Å²) in [5.41, 5.74) is 1.56. The van der Waals surface area contributed by atoms with Gasteiger partial charge < -0.3 is 10.2 Å². The van der Waals surface area contributed by atoms with Gasteiger partial charge in [-0.1, -0.05) is 15.9 Å². The van der Waals surface area contributed by atoms with Gasteiger partial charge in [0.1, 0.15) is 0 Å². The molecule has 20 heavy (non-hydrogen) atoms. The van der Waals surface area contributed by atoms with Crippen LogP contribution in [-0.2, 0) is 14.8 Å². The summed E-state index contributed by atoms with van der Waals surface area (Å²) in [4.78, 5) is 13.7. The van der Waals surface area contributed by atoms with Gasteiger partial charge in [0.2, 0.25) is 15.9 Å². The second-order valence-electron chi connectivity index (χ2n) is 4.82. The van der Waals surface area contributed by atoms with Crippen molar-refractivity contribution < 1.29 is 13.2 Å². The van der Waals surface area contributed by atoms with Gasteiger partial charge >= 0.3 is 0 Å². The number of anilines is 2. The number of primary sulfonamides is 1. The first-order chi connectivity index (χ1) is 9.30. The minimum Gasteiger partial charge on any atom is -0.386 e. The van der Waals surface area contributed by atoms with Crippen molar-refractivity contribution in [1.82, 2.24) is 0 Å². The maximum Gasteiger partial charge on any atom is 0.227 e. The molecule has 3 N–H and O–H groups in total. The second-order valence-corrected chi connectivity index (χ2v) is 7.39. The molecule has 1 atom stereocenters. The van der Waals surface area contributed by atoms with Crippen LogP contribution < -0.4 is 15.4 Å². The highest BCUT2D eigenvalue weighted by atomic mass is 79.9. The molecule has 110 valence electrons. The smallest absolute Gasteiger partial charge is 0.227 e. The average Bonchev–Trinajstić information content (AvgIpc) is 2.67. The van der Waals surface area contributed by atoms with E-state index in [1.54, 1.807) is 11.9 Å². The first-order valence-corrected chi connectivity index (χ1v) is 8.59. The molecule has 6 nitrogen and oxygen atoms in total. The van der Waals surface area contributed by atoms with Crippen LogP contribution in [0.3, 0.4) is 0 Å². The Morgan fingerprint density at radius 1 is 1.50 bits per heavy atom. The lowest BCUT2D eigenvalue weighted by atomic mass is 10.1. The predicted octanol–water partition coefficient (Wildman–Crippen LogP) is 1.13. The molecule has 1 aromatic rings. The molecule has 1 aromatic carbocycles. The highest BCUT2D eigenvalue weighted by Crippen LogP contribution is 2.33. The summed E-state index contributed by atoms with van der Waals surface area (Å²) in [6, 6.07) is 5.57. The number of halogens is 1. The molecule has 0 aromatic heterocycles. The number of hydrogen-bond donors (Lipinski definition) is 2. The van der Waals surface area contributed by atoms with Gasteiger partial charge in [-0.2, -0.15) is 0 Å². The number of nitrogens with one attached hydrogen (secondary N) is 1. The van der Waals surface area contributed by atoms with Crippen LogP contribution in [0.5, 0.6) is 0 Å². The SMILES string of the molecule is CNc1ccc(Br)cc1N1CC(CS(N)(=O)=O)CC1=O. The zero-order valence-electron chi connectivity index (χ0n) is 11.0. The van der Waals surface area contributed by atoms with E-state index in [-0.39, 0.29) is 24.0 Å². The van der Waals surface area contributed by atoms with Gasteiger partial charge in [0.15, 0.2) is 0 Å². The van der Waals surface area contributed by atoms with E-state index in [1.165, 1.54) is 0 Å². The fourth-order valence-electron chi connectivity index (χ4n) is 2.39. The molecule has 1 heterocycles. The monoisotopic (exact) mass is 361 g/mol. The summed E-state index contributed by atoms with van der Waals surface area (Å²) in [6.07, 6.45) is 0.200. The van der Waals surface area contributed by atoms with Crippen LogP contribution in [0.15, 0.2) is 22.7 Å². The standard InChI is InChI=1S/C12H16BrN3O3S/c1-15-10-3-2-9(13)5-11(10)16-6-8(4-12(16)17)7-20(14,18)19/h2-3,5,8,15H,4,6-7H2,1H3,(H2,14,18,19). The lowest BCUT2D eigenvalue weighted by Crippen LogP contribution is -2.28. The molecular formula is C12H16BrN3O3S. The van der Waals surface area contributed by atoms with Crippen LogP contribution in [0.25, 0.3) is 0 Å². The summed E-state index contributed by atoms with van der Waals surface area (Å²) >= 11 is 3.37. The Labute approximate surface area is 126 Å². The molecule has 1 unspecified atom stereocenters. The molecule has 8 heteroatoms. The number of benzene rings is 1. The summed E-state index contributed by atoms with van der Waals surface area (Å²) in [6.45, 7) is 0.362. The van der Waals surface area contributed by atoms with Gasteiger partial charge in [0.25, 0.3) is 0 Å². The van der Waals surface area contributed by atoms with E-state index in [9.17, 15) is 13.2 Å². The third kappa shape index (κ3) is 3.50. The van der Waals surface area contributed by atoms with Crippen molar-refractivity contribution in [2.45, 2.75) is 6.42 Å². The summed E-state index contributed by atoms with van der Waals surface area (Å²) in [5.74, 6) is -0.521. The highest BCUT2D eigenvalue weighted by molar-refractivity contribution is 9.10. The zero-order chi connectivity index (χ0) is 14.9. The molecular weight excluding hydrogens is 346 g/mol. The fraction of sp³-hybridized carbons (Fsp3) is 0.417. The van der Waals surface area contributed by atoms with Crippen LogP contribution in [0.1, 0.15) is 6.42 Å². The number of nitrogens with two attached hydrogens (primary N) is 1. The van der Waals surface area contributed by atoms with Gasteiger partial charge in [0, 0.05) is 30.4 Å². The summed E-state index contributed by atoms with van der Waals surface area (Å²) < 4.78 is 23.1. The summed E-state index contributed by atoms with van der Waals surface area (Å²) in [5, 5.41) is 8.07. The van der Waals surface area contributed by atoms with Crippen molar-refractivity contribution in [3.8, 4) is 0 Å². The Morgan fingerprint density at radius 2 is 2.20 bits per heavy atom. The summed E-state index contributed by atoms with van der Waals surface area (Å²) in [7, 11) is -1.79. The lowest BCUT2D eigenvalue weighted by molar-refractivity contribution is -0.117. The Hall–Kier alpha value is -1.12. The minimum atomic E-state index is -3.56. The number of amides is 1. The van der Waals surface area contributed by atoms with Crippen molar-refractivity contribution in [1.29, 1.82) is 0 Å². The van der Waals surface area contributed by atoms with Crippen LogP contribution >= 0.6 is 15.9 Å². The van der Waals surface area contributed by atoms with E-state index in [0.29, 0.717) is 6.54 Å². The van der Waals surface area contributed by atoms with E-state index < -0.39 is 10.0 Å². The maximum atomic E-state index is 12.1. The van der Waals surface area contributed by atoms with Gasteiger partial charge in [-0.25, -0.2) is 13.6 Å². The van der Waals surface area contributed by atoms with E-state index in [1.807, 2.05) is 18.2 Å². The zero-order valence-corrected chi connectivity index (χ0v) is 13.4. The molecule has 0 aliphatic carbocycles. The Balaban J connectivity index is 2.26. The first kappa shape index (κ1) is 15.3. The molecule has 0 radical (unpaired) electrons. The quantitative estimate of drug-likeness (QED) is 0.840. The number of rotatable bonds is 4. The number of sulfonamides is 1. The molecule has 1 aliphatic rings. The van der Waals surface area contributed by atoms with Crippen molar-refractivity contribution in [2.24, 2.45) is 11.1 Å². The molecule has 2 rings (SSSR count). The van der Waals surface area contributed by atoms with Crippen molar-refractivity contribution in [3.63, 3.8) is 0 Å². The van der Waals surface area contributed by atoms with E-state index >= 15 is 0 Å².